The van der Waals surface area contributed by atoms with E-state index in [1.807, 2.05) is 0 Å². The van der Waals surface area contributed by atoms with E-state index in [2.05, 4.69) is 0 Å². The number of nitro groups is 1. The lowest BCUT2D eigenvalue weighted by Crippen LogP contribution is -1.99. The molecule has 5 heteroatoms. The molecule has 0 atom stereocenters. The molecule has 0 aliphatic heterocycles. The lowest BCUT2D eigenvalue weighted by atomic mass is 10.1. The zero-order valence-electron chi connectivity index (χ0n) is 6.95. The summed E-state index contributed by atoms with van der Waals surface area (Å²) in [5.74, 6) is -0.665. The van der Waals surface area contributed by atoms with Gasteiger partial charge in [-0.25, -0.2) is 4.39 Å². The van der Waals surface area contributed by atoms with Crippen molar-refractivity contribution in [3.05, 3.63) is 39.2 Å². The Kier molecular flexibility index (Phi) is 2.57. The third kappa shape index (κ3) is 1.81. The van der Waals surface area contributed by atoms with Gasteiger partial charge in [0.1, 0.15) is 5.82 Å². The van der Waals surface area contributed by atoms with Crippen LogP contribution in [0.2, 0.25) is 0 Å². The van der Waals surface area contributed by atoms with Gasteiger partial charge in [-0.15, -0.1) is 0 Å². The molecule has 0 aromatic heterocycles. The molecule has 0 saturated heterocycles. The van der Waals surface area contributed by atoms with Crippen LogP contribution >= 0.6 is 0 Å². The average Bonchev–Trinajstić information content (AvgIpc) is 2.02. The van der Waals surface area contributed by atoms with Gasteiger partial charge in [0.05, 0.1) is 23.2 Å². The number of hydrogen-bond acceptors (Lipinski definition) is 3. The second kappa shape index (κ2) is 3.49. The van der Waals surface area contributed by atoms with Crippen molar-refractivity contribution in [2.75, 3.05) is 0 Å². The quantitative estimate of drug-likeness (QED) is 0.561. The van der Waals surface area contributed by atoms with E-state index in [0.717, 1.165) is 12.1 Å². The van der Waals surface area contributed by atoms with E-state index in [-0.39, 0.29) is 11.3 Å². The first kappa shape index (κ1) is 9.60. The van der Waals surface area contributed by atoms with E-state index >= 15 is 0 Å². The summed E-state index contributed by atoms with van der Waals surface area (Å²) in [5.41, 5.74) is 0.167. The number of rotatable bonds is 2. The van der Waals surface area contributed by atoms with Gasteiger partial charge in [-0.05, 0) is 18.6 Å². The fourth-order valence-corrected chi connectivity index (χ4v) is 1.12. The molecule has 1 N–H and O–H groups in total. The number of hydrogen-bond donors (Lipinski definition) is 1. The molecular formula is C8H8FNO3. The third-order valence-electron chi connectivity index (χ3n) is 1.77. The molecule has 0 heterocycles. The number of nitrogens with zero attached hydrogens (tertiary/aromatic N) is 1. The molecule has 13 heavy (non-hydrogen) atoms. The molecular weight excluding hydrogens is 177 g/mol. The van der Waals surface area contributed by atoms with Crippen LogP contribution in [0, 0.1) is 22.9 Å². The molecule has 0 unspecified atom stereocenters. The largest absolute Gasteiger partial charge is 0.391 e. The first-order valence-electron chi connectivity index (χ1n) is 3.60. The van der Waals surface area contributed by atoms with Gasteiger partial charge in [-0.1, -0.05) is 0 Å². The Morgan fingerprint density at radius 1 is 1.62 bits per heavy atom. The third-order valence-corrected chi connectivity index (χ3v) is 1.77. The smallest absolute Gasteiger partial charge is 0.278 e. The number of aliphatic hydroxyl groups is 1. The first-order valence-corrected chi connectivity index (χ1v) is 3.60. The lowest BCUT2D eigenvalue weighted by Gasteiger charge is -2.03. The minimum atomic E-state index is -0.707. The van der Waals surface area contributed by atoms with E-state index < -0.39 is 17.3 Å². The van der Waals surface area contributed by atoms with Gasteiger partial charge >= 0.3 is 0 Å². The van der Waals surface area contributed by atoms with Crippen LogP contribution in [0.4, 0.5) is 10.1 Å². The number of nitro benzene ring substituents is 1. The van der Waals surface area contributed by atoms with Crippen molar-refractivity contribution >= 4 is 5.69 Å². The number of aliphatic hydroxyl groups excluding tert-OH is 1. The van der Waals surface area contributed by atoms with E-state index in [9.17, 15) is 14.5 Å². The van der Waals surface area contributed by atoms with Crippen molar-refractivity contribution in [3.8, 4) is 0 Å². The summed E-state index contributed by atoms with van der Waals surface area (Å²) >= 11 is 0. The van der Waals surface area contributed by atoms with Crippen molar-refractivity contribution in [3.63, 3.8) is 0 Å². The van der Waals surface area contributed by atoms with Crippen molar-refractivity contribution in [2.24, 2.45) is 0 Å². The van der Waals surface area contributed by atoms with Gasteiger partial charge in [0.15, 0.2) is 0 Å². The van der Waals surface area contributed by atoms with Crippen LogP contribution in [0.25, 0.3) is 0 Å². The molecule has 0 bridgehead atoms. The Hall–Kier alpha value is -1.49. The number of benzene rings is 1. The van der Waals surface area contributed by atoms with Crippen molar-refractivity contribution in [2.45, 2.75) is 13.5 Å². The zero-order valence-corrected chi connectivity index (χ0v) is 6.95. The first-order chi connectivity index (χ1) is 6.06. The summed E-state index contributed by atoms with van der Waals surface area (Å²) in [7, 11) is 0. The van der Waals surface area contributed by atoms with Crippen LogP contribution in [0.5, 0.6) is 0 Å². The molecule has 1 aromatic rings. The Morgan fingerprint density at radius 2 is 2.23 bits per heavy atom. The van der Waals surface area contributed by atoms with Gasteiger partial charge in [0.2, 0.25) is 0 Å². The summed E-state index contributed by atoms with van der Waals surface area (Å²) in [6.45, 7) is 1.06. The molecule has 0 aliphatic rings. The molecule has 0 spiro atoms. The summed E-state index contributed by atoms with van der Waals surface area (Å²) < 4.78 is 12.7. The predicted octanol–water partition coefficient (Wildman–Crippen LogP) is 1.53. The van der Waals surface area contributed by atoms with Gasteiger partial charge in [0, 0.05) is 0 Å². The second-order valence-electron chi connectivity index (χ2n) is 2.64. The monoisotopic (exact) mass is 185 g/mol. The minimum Gasteiger partial charge on any atom is -0.391 e. The molecule has 0 fully saturated rings. The Bertz CT molecular complexity index is 351. The van der Waals surface area contributed by atoms with E-state index in [1.54, 1.807) is 0 Å². The summed E-state index contributed by atoms with van der Waals surface area (Å²) in [4.78, 5) is 9.71. The highest BCUT2D eigenvalue weighted by atomic mass is 19.1. The van der Waals surface area contributed by atoms with Crippen LogP contribution in [-0.2, 0) is 6.61 Å². The van der Waals surface area contributed by atoms with Gasteiger partial charge in [-0.3, -0.25) is 10.1 Å². The lowest BCUT2D eigenvalue weighted by molar-refractivity contribution is -0.386. The van der Waals surface area contributed by atoms with Crippen LogP contribution < -0.4 is 0 Å². The molecule has 0 saturated carbocycles. The maximum Gasteiger partial charge on any atom is 0.278 e. The highest BCUT2D eigenvalue weighted by Crippen LogP contribution is 2.23. The van der Waals surface area contributed by atoms with E-state index in [4.69, 9.17) is 5.11 Å². The number of aryl methyl sites for hydroxylation is 1. The highest BCUT2D eigenvalue weighted by Gasteiger charge is 2.16. The van der Waals surface area contributed by atoms with Crippen LogP contribution in [-0.4, -0.2) is 10.0 Å². The van der Waals surface area contributed by atoms with Gasteiger partial charge in [0.25, 0.3) is 5.69 Å². The predicted molar refractivity (Wildman–Crippen MR) is 43.7 cm³/mol. The fraction of sp³-hybridized carbons (Fsp3) is 0.250. The summed E-state index contributed by atoms with van der Waals surface area (Å²) in [6.07, 6.45) is 0. The molecule has 0 radical (unpaired) electrons. The fourth-order valence-electron chi connectivity index (χ4n) is 1.12. The van der Waals surface area contributed by atoms with Crippen molar-refractivity contribution in [1.82, 2.24) is 0 Å². The van der Waals surface area contributed by atoms with Gasteiger partial charge < -0.3 is 5.11 Å². The van der Waals surface area contributed by atoms with Crippen molar-refractivity contribution < 1.29 is 14.4 Å². The van der Waals surface area contributed by atoms with E-state index in [1.165, 1.54) is 6.92 Å². The average molecular weight is 185 g/mol. The topological polar surface area (TPSA) is 63.4 Å². The van der Waals surface area contributed by atoms with Gasteiger partial charge in [-0.2, -0.15) is 0 Å². The second-order valence-corrected chi connectivity index (χ2v) is 2.64. The van der Waals surface area contributed by atoms with Crippen LogP contribution in [0.3, 0.4) is 0 Å². The highest BCUT2D eigenvalue weighted by molar-refractivity contribution is 5.45. The molecule has 1 aromatic carbocycles. The molecule has 70 valence electrons. The summed E-state index contributed by atoms with van der Waals surface area (Å²) in [6, 6.07) is 1.96. The normalized spacial score (nSPS) is 10.1. The molecule has 0 amide bonds. The van der Waals surface area contributed by atoms with E-state index in [0.29, 0.717) is 5.56 Å². The standard InChI is InChI=1S/C8H8FNO3/c1-5-2-6(9)3-8(10(12)13)7(5)4-11/h2-3,11H,4H2,1H3. The molecule has 1 rings (SSSR count). The Morgan fingerprint density at radius 3 is 2.69 bits per heavy atom. The Balaban J connectivity index is 3.38. The maximum absolute atomic E-state index is 12.7. The SMILES string of the molecule is Cc1cc(F)cc([N+](=O)[O-])c1CO. The maximum atomic E-state index is 12.7. The minimum absolute atomic E-state index is 0.159. The summed E-state index contributed by atoms with van der Waals surface area (Å²) in [5, 5.41) is 19.2. The van der Waals surface area contributed by atoms with Crippen LogP contribution in [0.15, 0.2) is 12.1 Å². The zero-order chi connectivity index (χ0) is 10.0. The van der Waals surface area contributed by atoms with Crippen LogP contribution in [0.1, 0.15) is 11.1 Å². The molecule has 4 nitrogen and oxygen atoms in total. The number of halogens is 1. The van der Waals surface area contributed by atoms with Crippen molar-refractivity contribution in [1.29, 1.82) is 0 Å². The molecule has 0 aliphatic carbocycles. The Labute approximate surface area is 73.8 Å².